The van der Waals surface area contributed by atoms with E-state index in [0.29, 0.717) is 24.2 Å². The molecular formula is C23H34O5. The van der Waals surface area contributed by atoms with Crippen molar-refractivity contribution >= 4 is 5.97 Å². The topological polar surface area (TPSA) is 87.0 Å². The first-order valence-electron chi connectivity index (χ1n) is 12.3. The van der Waals surface area contributed by atoms with Gasteiger partial charge >= 0.3 is 5.97 Å². The largest absolute Gasteiger partial charge is 0.482 e. The monoisotopic (exact) mass is 394 g/mol. The second-order valence-electron chi connectivity index (χ2n) is 7.90. The molecule has 1 saturated carbocycles. The van der Waals surface area contributed by atoms with Crippen LogP contribution >= 0.6 is 0 Å². The van der Waals surface area contributed by atoms with Crippen LogP contribution in [0.25, 0.3) is 0 Å². The number of aliphatic hydroxyl groups is 2. The zero-order chi connectivity index (χ0) is 23.7. The number of aliphatic carboxylic acids is 1. The van der Waals surface area contributed by atoms with Crippen LogP contribution in [0.1, 0.15) is 68.4 Å². The summed E-state index contributed by atoms with van der Waals surface area (Å²) in [7, 11) is 0. The standard InChI is InChI=1S/C23H34O5/c1-2-3-4-7-17(24)9-10-18-19-11-15-6-5-8-22(28-14-23(26)27)20(15)12-16(19)13-21(18)25/h5-6,8,16-19,21,24-25H,2-4,7,9-14H2,1H3,(H,26,27)/t16-,17-,18+,19-,21+/m0/s1/i13D2,18D,21D. The van der Waals surface area contributed by atoms with E-state index in [9.17, 15) is 15.0 Å². The first-order valence-corrected chi connectivity index (χ1v) is 10.3. The van der Waals surface area contributed by atoms with Crippen molar-refractivity contribution in [2.24, 2.45) is 17.7 Å². The Morgan fingerprint density at radius 3 is 2.93 bits per heavy atom. The maximum Gasteiger partial charge on any atom is 0.341 e. The van der Waals surface area contributed by atoms with Crippen LogP contribution < -0.4 is 4.74 Å². The minimum atomic E-state index is -2.64. The highest BCUT2D eigenvalue weighted by molar-refractivity contribution is 5.68. The van der Waals surface area contributed by atoms with Gasteiger partial charge in [0.05, 0.1) is 13.6 Å². The molecule has 28 heavy (non-hydrogen) atoms. The van der Waals surface area contributed by atoms with Crippen LogP contribution in [-0.2, 0) is 17.6 Å². The average molecular weight is 395 g/mol. The van der Waals surface area contributed by atoms with Crippen molar-refractivity contribution in [1.82, 2.24) is 0 Å². The lowest BCUT2D eigenvalue weighted by Gasteiger charge is -2.32. The summed E-state index contributed by atoms with van der Waals surface area (Å²) in [6.07, 6.45) is -1.41. The van der Waals surface area contributed by atoms with Gasteiger partial charge in [0.25, 0.3) is 0 Å². The molecule has 1 aromatic rings. The molecule has 5 heteroatoms. The maximum absolute atomic E-state index is 11.0. The molecular weight excluding hydrogens is 356 g/mol. The van der Waals surface area contributed by atoms with Crippen LogP contribution in [0, 0.1) is 17.7 Å². The zero-order valence-corrected chi connectivity index (χ0v) is 16.5. The molecule has 1 fully saturated rings. The van der Waals surface area contributed by atoms with E-state index < -0.39 is 48.9 Å². The van der Waals surface area contributed by atoms with Gasteiger partial charge in [0, 0.05) is 4.11 Å². The van der Waals surface area contributed by atoms with Gasteiger partial charge < -0.3 is 20.1 Å². The summed E-state index contributed by atoms with van der Waals surface area (Å²) in [5.41, 5.74) is 1.50. The molecule has 0 spiro atoms. The number of hydrogen-bond donors (Lipinski definition) is 3. The van der Waals surface area contributed by atoms with Crippen LogP contribution in [0.3, 0.4) is 0 Å². The third-order valence-corrected chi connectivity index (χ3v) is 5.89. The number of hydrogen-bond acceptors (Lipinski definition) is 4. The van der Waals surface area contributed by atoms with Crippen molar-refractivity contribution < 1.29 is 30.3 Å². The van der Waals surface area contributed by atoms with Gasteiger partial charge in [-0.25, -0.2) is 4.79 Å². The van der Waals surface area contributed by atoms with E-state index in [-0.39, 0.29) is 19.3 Å². The predicted molar refractivity (Wildman–Crippen MR) is 107 cm³/mol. The summed E-state index contributed by atoms with van der Waals surface area (Å²) in [5, 5.41) is 30.3. The number of aliphatic hydroxyl groups excluding tert-OH is 1. The Morgan fingerprint density at radius 2 is 2.18 bits per heavy atom. The van der Waals surface area contributed by atoms with Crippen LogP contribution in [0.5, 0.6) is 5.75 Å². The smallest absolute Gasteiger partial charge is 0.341 e. The van der Waals surface area contributed by atoms with Crippen molar-refractivity contribution in [3.8, 4) is 5.75 Å². The number of carboxylic acids is 1. The fourth-order valence-electron chi connectivity index (χ4n) is 4.41. The molecule has 2 aliphatic rings. The van der Waals surface area contributed by atoms with Crippen molar-refractivity contribution in [1.29, 1.82) is 0 Å². The molecule has 0 saturated heterocycles. The van der Waals surface area contributed by atoms with E-state index in [4.69, 9.17) is 15.3 Å². The Bertz CT molecular complexity index is 831. The normalized spacial score (nSPS) is 36.2. The SMILES string of the molecule is [2H]C1([2H])[C@@H]2Cc3c(cccc3OCC(=O)O)C[C@@H]2[C@@]([2H])(CC[C@@H](O)CCCCC)[C@]1([2H])O. The zero-order valence-electron chi connectivity index (χ0n) is 20.5. The van der Waals surface area contributed by atoms with E-state index in [1.807, 2.05) is 6.07 Å². The Balaban J connectivity index is 1.87. The lowest BCUT2D eigenvalue weighted by molar-refractivity contribution is -0.139. The quantitative estimate of drug-likeness (QED) is 0.528. The summed E-state index contributed by atoms with van der Waals surface area (Å²) in [5.74, 6) is -3.92. The second-order valence-corrected chi connectivity index (χ2v) is 7.90. The lowest BCUT2D eigenvalue weighted by atomic mass is 9.73. The molecule has 0 amide bonds. The van der Waals surface area contributed by atoms with Gasteiger partial charge in [0.15, 0.2) is 6.61 Å². The van der Waals surface area contributed by atoms with Crippen LogP contribution in [0.4, 0.5) is 0 Å². The predicted octanol–water partition coefficient (Wildman–Crippen LogP) is 3.58. The summed E-state index contributed by atoms with van der Waals surface area (Å²) in [6.45, 7) is 1.56. The summed E-state index contributed by atoms with van der Waals surface area (Å²) >= 11 is 0. The molecule has 0 radical (unpaired) electrons. The average Bonchev–Trinajstić information content (AvgIpc) is 2.85. The Labute approximate surface area is 173 Å². The van der Waals surface area contributed by atoms with Crippen LogP contribution in [0.15, 0.2) is 18.2 Å². The molecule has 0 unspecified atom stereocenters. The Morgan fingerprint density at radius 1 is 1.36 bits per heavy atom. The van der Waals surface area contributed by atoms with Crippen molar-refractivity contribution in [3.05, 3.63) is 29.3 Å². The summed E-state index contributed by atoms with van der Waals surface area (Å²) in [6, 6.07) is 5.21. The highest BCUT2D eigenvalue weighted by Gasteiger charge is 2.44. The second kappa shape index (κ2) is 9.75. The molecule has 0 aromatic heterocycles. The highest BCUT2D eigenvalue weighted by Crippen LogP contribution is 2.48. The molecule has 156 valence electrons. The van der Waals surface area contributed by atoms with Crippen molar-refractivity contribution in [3.63, 3.8) is 0 Å². The Hall–Kier alpha value is -1.59. The molecule has 3 N–H and O–H groups in total. The number of benzene rings is 1. The number of fused-ring (bicyclic) bond motifs is 2. The minimum Gasteiger partial charge on any atom is -0.482 e. The van der Waals surface area contributed by atoms with Gasteiger partial charge in [-0.2, -0.15) is 0 Å². The third-order valence-electron chi connectivity index (χ3n) is 5.89. The van der Waals surface area contributed by atoms with Crippen molar-refractivity contribution in [2.75, 3.05) is 6.61 Å². The van der Waals surface area contributed by atoms with Gasteiger partial charge in [-0.1, -0.05) is 38.3 Å². The number of ether oxygens (including phenoxy) is 1. The van der Waals surface area contributed by atoms with Gasteiger partial charge in [-0.05, 0) is 73.4 Å². The van der Waals surface area contributed by atoms with Gasteiger partial charge in [-0.15, -0.1) is 0 Å². The molecule has 0 aliphatic heterocycles. The van der Waals surface area contributed by atoms with Crippen molar-refractivity contribution in [2.45, 2.75) is 76.8 Å². The minimum absolute atomic E-state index is 0.0332. The maximum atomic E-state index is 11.0. The van der Waals surface area contributed by atoms with Crippen LogP contribution in [0.2, 0.25) is 0 Å². The van der Waals surface area contributed by atoms with E-state index >= 15 is 0 Å². The van der Waals surface area contributed by atoms with Crippen LogP contribution in [-0.4, -0.2) is 40.1 Å². The molecule has 3 rings (SSSR count). The molecule has 2 aliphatic carbocycles. The van der Waals surface area contributed by atoms with E-state index in [1.54, 1.807) is 12.1 Å². The Kier molecular flexibility index (Phi) is 5.65. The number of carboxylic acid groups (broad SMARTS) is 1. The molecule has 5 atom stereocenters. The highest BCUT2D eigenvalue weighted by atomic mass is 16.5. The van der Waals surface area contributed by atoms with Gasteiger partial charge in [-0.3, -0.25) is 0 Å². The molecule has 5 nitrogen and oxygen atoms in total. The third kappa shape index (κ3) is 5.06. The number of unbranched alkanes of at least 4 members (excludes halogenated alkanes) is 2. The fraction of sp³-hybridized carbons (Fsp3) is 0.696. The van der Waals surface area contributed by atoms with E-state index in [0.717, 1.165) is 24.8 Å². The molecule has 1 aromatic carbocycles. The molecule has 0 heterocycles. The molecule has 0 bridgehead atoms. The van der Waals surface area contributed by atoms with E-state index in [1.165, 1.54) is 0 Å². The number of rotatable bonds is 10. The summed E-state index contributed by atoms with van der Waals surface area (Å²) < 4.78 is 40.2. The first kappa shape index (κ1) is 16.2. The summed E-state index contributed by atoms with van der Waals surface area (Å²) in [4.78, 5) is 10.9. The van der Waals surface area contributed by atoms with Gasteiger partial charge in [0.1, 0.15) is 5.75 Å². The van der Waals surface area contributed by atoms with Gasteiger partial charge in [0.2, 0.25) is 0 Å². The lowest BCUT2D eigenvalue weighted by Crippen LogP contribution is -2.28. The number of carbonyl (C=O) groups is 1. The fourth-order valence-corrected chi connectivity index (χ4v) is 4.41. The first-order chi connectivity index (χ1) is 15.0. The van der Waals surface area contributed by atoms with E-state index in [2.05, 4.69) is 6.92 Å².